The molecule has 0 radical (unpaired) electrons. The summed E-state index contributed by atoms with van der Waals surface area (Å²) in [5.41, 5.74) is 0. The lowest BCUT2D eigenvalue weighted by Crippen LogP contribution is -2.30. The first kappa shape index (κ1) is 62.1. The van der Waals surface area contributed by atoms with Gasteiger partial charge in [0.2, 0.25) is 0 Å². The van der Waals surface area contributed by atoms with Crippen LogP contribution in [0, 0.1) is 0 Å². The van der Waals surface area contributed by atoms with Crippen LogP contribution < -0.4 is 0 Å². The molecule has 0 N–H and O–H groups in total. The molecule has 6 nitrogen and oxygen atoms in total. The maximum atomic E-state index is 12.8. The Morgan fingerprint density at radius 2 is 0.585 bits per heavy atom. The van der Waals surface area contributed by atoms with E-state index in [0.717, 1.165) is 109 Å². The van der Waals surface area contributed by atoms with Crippen LogP contribution in [-0.4, -0.2) is 37.2 Å². The van der Waals surface area contributed by atoms with E-state index in [1.165, 1.54) is 128 Å². The van der Waals surface area contributed by atoms with Crippen molar-refractivity contribution in [2.45, 2.75) is 284 Å². The second kappa shape index (κ2) is 53.7. The Hall–Kier alpha value is -2.89. The summed E-state index contributed by atoms with van der Waals surface area (Å²) >= 11 is 0. The van der Waals surface area contributed by atoms with Crippen molar-refractivity contribution in [3.05, 3.63) is 60.8 Å². The van der Waals surface area contributed by atoms with Gasteiger partial charge in [0.25, 0.3) is 0 Å². The van der Waals surface area contributed by atoms with Gasteiger partial charge in [0.05, 0.1) is 0 Å². The largest absolute Gasteiger partial charge is 0.462 e. The molecule has 0 saturated carbocycles. The van der Waals surface area contributed by atoms with Crippen molar-refractivity contribution < 1.29 is 28.6 Å². The molecular formula is C59H104O6. The Balaban J connectivity index is 4.40. The van der Waals surface area contributed by atoms with Crippen LogP contribution in [0.3, 0.4) is 0 Å². The number of esters is 3. The van der Waals surface area contributed by atoms with Crippen LogP contribution in [0.1, 0.15) is 278 Å². The first-order valence-corrected chi connectivity index (χ1v) is 27.8. The molecule has 1 unspecified atom stereocenters. The van der Waals surface area contributed by atoms with Crippen molar-refractivity contribution in [1.82, 2.24) is 0 Å². The number of ether oxygens (including phenoxy) is 3. The summed E-state index contributed by atoms with van der Waals surface area (Å²) in [4.78, 5) is 38.1. The lowest BCUT2D eigenvalue weighted by atomic mass is 10.1. The third-order valence-corrected chi connectivity index (χ3v) is 11.9. The van der Waals surface area contributed by atoms with E-state index in [1.807, 2.05) is 0 Å². The summed E-state index contributed by atoms with van der Waals surface area (Å²) in [6.45, 7) is 6.55. The number of allylic oxidation sites excluding steroid dienone is 10. The fourth-order valence-electron chi connectivity index (χ4n) is 7.74. The van der Waals surface area contributed by atoms with Crippen molar-refractivity contribution in [1.29, 1.82) is 0 Å². The van der Waals surface area contributed by atoms with Gasteiger partial charge in [0, 0.05) is 19.3 Å². The Morgan fingerprint density at radius 1 is 0.308 bits per heavy atom. The first-order valence-electron chi connectivity index (χ1n) is 27.8. The van der Waals surface area contributed by atoms with Crippen LogP contribution in [-0.2, 0) is 28.6 Å². The van der Waals surface area contributed by atoms with E-state index >= 15 is 0 Å². The van der Waals surface area contributed by atoms with Gasteiger partial charge in [-0.15, -0.1) is 0 Å². The van der Waals surface area contributed by atoms with E-state index in [4.69, 9.17) is 14.2 Å². The standard InChI is InChI=1S/C59H104O6/c1-4-7-10-13-16-19-22-25-27-29-30-32-34-37-40-43-46-49-52-58(61)64-55-56(54-63-57(60)51-48-45-42-39-36-33-24-21-18-15-12-9-6-3)65-59(62)53-50-47-44-41-38-35-31-28-26-23-20-17-14-11-8-5-2/h12,15,19,21-22,24,27-29,31,56H,4-11,13-14,16-18,20,23,25-26,30,32-55H2,1-3H3/b15-12-,22-19-,24-21-,29-27-,31-28-. The number of unbranched alkanes of at least 4 members (excludes halogenated alkanes) is 29. The fourth-order valence-corrected chi connectivity index (χ4v) is 7.74. The summed E-state index contributed by atoms with van der Waals surface area (Å²) in [7, 11) is 0. The van der Waals surface area contributed by atoms with Gasteiger partial charge in [-0.2, -0.15) is 0 Å². The summed E-state index contributed by atoms with van der Waals surface area (Å²) in [6, 6.07) is 0. The third-order valence-electron chi connectivity index (χ3n) is 11.9. The van der Waals surface area contributed by atoms with Gasteiger partial charge in [-0.3, -0.25) is 14.4 Å². The molecule has 0 aliphatic rings. The van der Waals surface area contributed by atoms with Gasteiger partial charge in [-0.1, -0.05) is 216 Å². The highest BCUT2D eigenvalue weighted by atomic mass is 16.6. The minimum absolute atomic E-state index is 0.0857. The zero-order valence-corrected chi connectivity index (χ0v) is 43.0. The monoisotopic (exact) mass is 909 g/mol. The molecule has 0 aliphatic heterocycles. The highest BCUT2D eigenvalue weighted by Crippen LogP contribution is 2.15. The summed E-state index contributed by atoms with van der Waals surface area (Å²) in [6.07, 6.45) is 66.3. The van der Waals surface area contributed by atoms with Gasteiger partial charge in [0.1, 0.15) is 13.2 Å². The molecule has 0 rings (SSSR count). The molecular weight excluding hydrogens is 805 g/mol. The molecule has 0 spiro atoms. The normalized spacial score (nSPS) is 12.5. The molecule has 0 aliphatic carbocycles. The number of hydrogen-bond donors (Lipinski definition) is 0. The van der Waals surface area contributed by atoms with E-state index in [2.05, 4.69) is 81.5 Å². The van der Waals surface area contributed by atoms with Crippen molar-refractivity contribution in [3.63, 3.8) is 0 Å². The number of rotatable bonds is 50. The molecule has 0 aromatic heterocycles. The predicted molar refractivity (Wildman–Crippen MR) is 279 cm³/mol. The van der Waals surface area contributed by atoms with Crippen molar-refractivity contribution in [2.24, 2.45) is 0 Å². The summed E-state index contributed by atoms with van der Waals surface area (Å²) in [5.74, 6) is -0.908. The highest BCUT2D eigenvalue weighted by Gasteiger charge is 2.19. The minimum atomic E-state index is -0.787. The van der Waals surface area contributed by atoms with Gasteiger partial charge < -0.3 is 14.2 Å². The van der Waals surface area contributed by atoms with Crippen molar-refractivity contribution >= 4 is 17.9 Å². The zero-order chi connectivity index (χ0) is 47.2. The van der Waals surface area contributed by atoms with Gasteiger partial charge in [0.15, 0.2) is 6.10 Å². The second-order valence-electron chi connectivity index (χ2n) is 18.5. The molecule has 6 heteroatoms. The topological polar surface area (TPSA) is 78.9 Å². The molecule has 0 heterocycles. The van der Waals surface area contributed by atoms with Gasteiger partial charge in [-0.25, -0.2) is 0 Å². The second-order valence-corrected chi connectivity index (χ2v) is 18.5. The summed E-state index contributed by atoms with van der Waals surface area (Å²) < 4.78 is 16.8. The zero-order valence-electron chi connectivity index (χ0n) is 43.0. The lowest BCUT2D eigenvalue weighted by Gasteiger charge is -2.18. The smallest absolute Gasteiger partial charge is 0.306 e. The van der Waals surface area contributed by atoms with Crippen LogP contribution in [0.15, 0.2) is 60.8 Å². The van der Waals surface area contributed by atoms with E-state index in [0.29, 0.717) is 19.3 Å². The number of hydrogen-bond acceptors (Lipinski definition) is 6. The van der Waals surface area contributed by atoms with Crippen LogP contribution in [0.4, 0.5) is 0 Å². The average molecular weight is 909 g/mol. The average Bonchev–Trinajstić information content (AvgIpc) is 3.30. The molecule has 65 heavy (non-hydrogen) atoms. The van der Waals surface area contributed by atoms with Crippen LogP contribution in [0.5, 0.6) is 0 Å². The van der Waals surface area contributed by atoms with Crippen molar-refractivity contribution in [2.75, 3.05) is 13.2 Å². The maximum absolute atomic E-state index is 12.8. The number of carbonyl (C=O) groups is 3. The molecule has 0 fully saturated rings. The molecule has 0 amide bonds. The molecule has 1 atom stereocenters. The van der Waals surface area contributed by atoms with E-state index in [-0.39, 0.29) is 31.1 Å². The maximum Gasteiger partial charge on any atom is 0.306 e. The van der Waals surface area contributed by atoms with Gasteiger partial charge in [-0.05, 0) is 103 Å². The molecule has 376 valence electrons. The molecule has 0 aromatic carbocycles. The Kier molecular flexibility index (Phi) is 51.3. The van der Waals surface area contributed by atoms with Crippen LogP contribution in [0.25, 0.3) is 0 Å². The Morgan fingerprint density at radius 3 is 0.938 bits per heavy atom. The van der Waals surface area contributed by atoms with Crippen LogP contribution >= 0.6 is 0 Å². The molecule has 0 aromatic rings. The van der Waals surface area contributed by atoms with E-state index in [9.17, 15) is 14.4 Å². The Labute approximate surface area is 402 Å². The SMILES string of the molecule is CCC/C=C\C/C=C\CCCCCCCC(=O)OCC(COC(=O)CCCCCCCCC/C=C\C/C=C\CCCCCC)OC(=O)CCCCCCC/C=C\CCCCCCCCC. The Bertz CT molecular complexity index is 1180. The fraction of sp³-hybridized carbons (Fsp3) is 0.780. The van der Waals surface area contributed by atoms with Crippen LogP contribution in [0.2, 0.25) is 0 Å². The van der Waals surface area contributed by atoms with Gasteiger partial charge >= 0.3 is 17.9 Å². The number of carbonyl (C=O) groups excluding carboxylic acids is 3. The lowest BCUT2D eigenvalue weighted by molar-refractivity contribution is -0.167. The first-order chi connectivity index (χ1) is 32.0. The van der Waals surface area contributed by atoms with E-state index in [1.54, 1.807) is 0 Å². The highest BCUT2D eigenvalue weighted by molar-refractivity contribution is 5.71. The molecule has 0 saturated heterocycles. The summed E-state index contributed by atoms with van der Waals surface area (Å²) in [5, 5.41) is 0. The van der Waals surface area contributed by atoms with Crippen molar-refractivity contribution in [3.8, 4) is 0 Å². The predicted octanol–water partition coefficient (Wildman–Crippen LogP) is 18.4. The molecule has 0 bridgehead atoms. The quantitative estimate of drug-likeness (QED) is 0.0262. The third kappa shape index (κ3) is 51.9. The minimum Gasteiger partial charge on any atom is -0.462 e. The van der Waals surface area contributed by atoms with E-state index < -0.39 is 6.10 Å².